The predicted octanol–water partition coefficient (Wildman–Crippen LogP) is 6.68. The first-order valence-electron chi connectivity index (χ1n) is 10.8. The molecule has 0 N–H and O–H groups in total. The molecule has 2 atom stereocenters. The molecular formula is C27H26ClNO3. The molecule has 0 aliphatic carbocycles. The van der Waals surface area contributed by atoms with Crippen LogP contribution >= 0.6 is 11.6 Å². The summed E-state index contributed by atoms with van der Waals surface area (Å²) in [5, 5.41) is 2.96. The van der Waals surface area contributed by atoms with Gasteiger partial charge in [-0.2, -0.15) is 0 Å². The van der Waals surface area contributed by atoms with Gasteiger partial charge in [0, 0.05) is 5.02 Å². The first-order chi connectivity index (χ1) is 15.4. The minimum atomic E-state index is -0.564. The summed E-state index contributed by atoms with van der Waals surface area (Å²) < 4.78 is 5.21. The summed E-state index contributed by atoms with van der Waals surface area (Å²) in [4.78, 5) is 27.2. The summed E-state index contributed by atoms with van der Waals surface area (Å²) in [6, 6.07) is 21.5. The zero-order chi connectivity index (χ0) is 22.7. The smallest absolute Gasteiger partial charge is 0.417 e. The Hall–Kier alpha value is -3.11. The van der Waals surface area contributed by atoms with E-state index in [0.717, 1.165) is 11.1 Å². The summed E-state index contributed by atoms with van der Waals surface area (Å²) in [7, 11) is 0. The Labute approximate surface area is 193 Å². The fourth-order valence-electron chi connectivity index (χ4n) is 4.07. The maximum Gasteiger partial charge on any atom is 0.417 e. The van der Waals surface area contributed by atoms with Gasteiger partial charge in [0.25, 0.3) is 0 Å². The Kier molecular flexibility index (Phi) is 6.61. The van der Waals surface area contributed by atoms with Crippen LogP contribution in [0.5, 0.6) is 0 Å². The van der Waals surface area contributed by atoms with Gasteiger partial charge in [0.15, 0.2) is 0 Å². The lowest BCUT2D eigenvalue weighted by atomic mass is 9.92. The number of cyclic esters (lactones) is 1. The number of carbonyl (C=O) groups is 2. The highest BCUT2D eigenvalue weighted by Crippen LogP contribution is 2.30. The number of allylic oxidation sites excluding steroid dienone is 1. The number of carbonyl (C=O) groups excluding carboxylic acids is 2. The Balaban J connectivity index is 1.60. The molecule has 32 heavy (non-hydrogen) atoms. The second-order valence-electron chi connectivity index (χ2n) is 8.45. The van der Waals surface area contributed by atoms with Crippen molar-refractivity contribution in [2.75, 3.05) is 6.61 Å². The molecule has 0 spiro atoms. The first-order valence-corrected chi connectivity index (χ1v) is 11.2. The molecule has 3 aromatic rings. The monoisotopic (exact) mass is 447 g/mol. The fraction of sp³-hybridized carbons (Fsp3) is 0.259. The van der Waals surface area contributed by atoms with Crippen molar-refractivity contribution in [1.29, 1.82) is 0 Å². The highest BCUT2D eigenvalue weighted by molar-refractivity contribution is 6.30. The van der Waals surface area contributed by atoms with Crippen molar-refractivity contribution >= 4 is 40.4 Å². The number of hydrogen-bond acceptors (Lipinski definition) is 3. The molecule has 4 rings (SSSR count). The summed E-state index contributed by atoms with van der Waals surface area (Å²) in [5.41, 5.74) is 1.89. The average Bonchev–Trinajstić information content (AvgIpc) is 3.19. The second-order valence-corrected chi connectivity index (χ2v) is 8.88. The molecule has 1 saturated heterocycles. The van der Waals surface area contributed by atoms with Crippen LogP contribution in [0.3, 0.4) is 0 Å². The first kappa shape index (κ1) is 22.1. The van der Waals surface area contributed by atoms with Gasteiger partial charge in [0.05, 0.1) is 12.0 Å². The van der Waals surface area contributed by atoms with E-state index < -0.39 is 12.0 Å². The molecule has 164 valence electrons. The van der Waals surface area contributed by atoms with E-state index in [4.69, 9.17) is 16.3 Å². The normalized spacial score (nSPS) is 17.3. The lowest BCUT2D eigenvalue weighted by molar-refractivity contribution is -0.131. The van der Waals surface area contributed by atoms with E-state index in [1.165, 1.54) is 15.7 Å². The third-order valence-electron chi connectivity index (χ3n) is 5.94. The predicted molar refractivity (Wildman–Crippen MR) is 129 cm³/mol. The molecule has 1 unspecified atom stereocenters. The Morgan fingerprint density at radius 2 is 1.81 bits per heavy atom. The largest absolute Gasteiger partial charge is 0.447 e. The Bertz CT molecular complexity index is 1150. The molecule has 3 aromatic carbocycles. The van der Waals surface area contributed by atoms with E-state index in [1.807, 2.05) is 50.3 Å². The number of nitrogens with zero attached hydrogens (tertiary/aromatic N) is 1. The highest BCUT2D eigenvalue weighted by Gasteiger charge is 2.42. The highest BCUT2D eigenvalue weighted by atomic mass is 35.5. The zero-order valence-electron chi connectivity index (χ0n) is 18.2. The standard InChI is InChI=1S/C27H26ClNO3/c1-18(2)25-17-32-27(31)29(25)26(30)24(21-12-14-23(28)15-13-21)9-5-6-19-10-11-20-7-3-4-8-22(20)16-19/h3-8,10-16,18,24-25H,9,17H2,1-2H3/b6-5+/t24?,25-/m0/s1. The van der Waals surface area contributed by atoms with Gasteiger partial charge in [0.2, 0.25) is 5.91 Å². The zero-order valence-corrected chi connectivity index (χ0v) is 19.0. The number of amides is 2. The van der Waals surface area contributed by atoms with Crippen LogP contribution in [-0.4, -0.2) is 29.5 Å². The number of hydrogen-bond donors (Lipinski definition) is 0. The molecule has 1 aliphatic rings. The third-order valence-corrected chi connectivity index (χ3v) is 6.19. The van der Waals surface area contributed by atoms with Gasteiger partial charge in [-0.25, -0.2) is 9.69 Å². The summed E-state index contributed by atoms with van der Waals surface area (Å²) in [6.45, 7) is 4.22. The average molecular weight is 448 g/mol. The molecule has 0 saturated carbocycles. The van der Waals surface area contributed by atoms with Gasteiger partial charge in [-0.3, -0.25) is 4.79 Å². The van der Waals surface area contributed by atoms with Crippen molar-refractivity contribution in [1.82, 2.24) is 4.90 Å². The van der Waals surface area contributed by atoms with Gasteiger partial charge in [-0.1, -0.05) is 86.1 Å². The summed E-state index contributed by atoms with van der Waals surface area (Å²) in [5.74, 6) is -0.628. The van der Waals surface area contributed by atoms with Gasteiger partial charge in [-0.15, -0.1) is 0 Å². The molecule has 0 bridgehead atoms. The van der Waals surface area contributed by atoms with Crippen molar-refractivity contribution in [2.24, 2.45) is 5.92 Å². The van der Waals surface area contributed by atoms with Crippen molar-refractivity contribution < 1.29 is 14.3 Å². The number of rotatable bonds is 6. The molecule has 2 amide bonds. The number of fused-ring (bicyclic) bond motifs is 1. The lowest BCUT2D eigenvalue weighted by Gasteiger charge is -2.26. The van der Waals surface area contributed by atoms with Crippen molar-refractivity contribution in [2.45, 2.75) is 32.2 Å². The maximum atomic E-state index is 13.5. The van der Waals surface area contributed by atoms with Crippen molar-refractivity contribution in [3.63, 3.8) is 0 Å². The number of benzene rings is 3. The van der Waals surface area contributed by atoms with Gasteiger partial charge >= 0.3 is 6.09 Å². The SMILES string of the molecule is CC(C)[C@@H]1COC(=O)N1C(=O)C(C/C=C/c1ccc2ccccc2c1)c1ccc(Cl)cc1. The molecule has 0 aromatic heterocycles. The van der Waals surface area contributed by atoms with Crippen molar-refractivity contribution in [3.8, 4) is 0 Å². The molecule has 5 heteroatoms. The maximum absolute atomic E-state index is 13.5. The van der Waals surface area contributed by atoms with Crippen LogP contribution in [0.4, 0.5) is 4.79 Å². The second kappa shape index (κ2) is 9.58. The topological polar surface area (TPSA) is 46.6 Å². The van der Waals surface area contributed by atoms with Gasteiger partial charge in [0.1, 0.15) is 6.61 Å². The van der Waals surface area contributed by atoms with Crippen LogP contribution in [0.1, 0.15) is 37.3 Å². The van der Waals surface area contributed by atoms with Crippen LogP contribution in [0, 0.1) is 5.92 Å². The quantitative estimate of drug-likeness (QED) is 0.423. The van der Waals surface area contributed by atoms with Crippen LogP contribution in [-0.2, 0) is 9.53 Å². The minimum absolute atomic E-state index is 0.115. The Morgan fingerprint density at radius 3 is 2.53 bits per heavy atom. The fourth-order valence-corrected chi connectivity index (χ4v) is 4.20. The molecule has 0 radical (unpaired) electrons. The number of ether oxygens (including phenoxy) is 1. The summed E-state index contributed by atoms with van der Waals surface area (Å²) in [6.07, 6.45) is 3.91. The number of imide groups is 1. The molecular weight excluding hydrogens is 422 g/mol. The van der Waals surface area contributed by atoms with Crippen LogP contribution in [0.2, 0.25) is 5.02 Å². The van der Waals surface area contributed by atoms with Crippen LogP contribution in [0.25, 0.3) is 16.8 Å². The van der Waals surface area contributed by atoms with Crippen LogP contribution in [0.15, 0.2) is 72.8 Å². The number of halogens is 1. The van der Waals surface area contributed by atoms with Crippen LogP contribution < -0.4 is 0 Å². The Morgan fingerprint density at radius 1 is 1.09 bits per heavy atom. The van der Waals surface area contributed by atoms with E-state index in [9.17, 15) is 9.59 Å². The van der Waals surface area contributed by atoms with E-state index in [1.54, 1.807) is 12.1 Å². The molecule has 1 aliphatic heterocycles. The molecule has 1 heterocycles. The lowest BCUT2D eigenvalue weighted by Crippen LogP contribution is -2.44. The molecule has 4 nitrogen and oxygen atoms in total. The van der Waals surface area contributed by atoms with Gasteiger partial charge in [-0.05, 0) is 52.4 Å². The van der Waals surface area contributed by atoms with E-state index in [0.29, 0.717) is 11.4 Å². The van der Waals surface area contributed by atoms with E-state index >= 15 is 0 Å². The molecule has 1 fully saturated rings. The van der Waals surface area contributed by atoms with E-state index in [2.05, 4.69) is 30.3 Å². The third kappa shape index (κ3) is 4.71. The van der Waals surface area contributed by atoms with Gasteiger partial charge < -0.3 is 4.74 Å². The summed E-state index contributed by atoms with van der Waals surface area (Å²) >= 11 is 6.06. The van der Waals surface area contributed by atoms with E-state index in [-0.39, 0.29) is 24.5 Å². The minimum Gasteiger partial charge on any atom is -0.447 e. The van der Waals surface area contributed by atoms with Crippen molar-refractivity contribution in [3.05, 3.63) is 89.0 Å².